The third-order valence-electron chi connectivity index (χ3n) is 6.63. The highest BCUT2D eigenvalue weighted by Crippen LogP contribution is 2.41. The molecule has 3 aliphatic heterocycles. The van der Waals surface area contributed by atoms with E-state index in [1.54, 1.807) is 0 Å². The first-order valence-electron chi connectivity index (χ1n) is 11.6. The second kappa shape index (κ2) is 8.54. The van der Waals surface area contributed by atoms with Gasteiger partial charge in [-0.15, -0.1) is 0 Å². The van der Waals surface area contributed by atoms with Gasteiger partial charge in [0.2, 0.25) is 0 Å². The van der Waals surface area contributed by atoms with Gasteiger partial charge in [0, 0.05) is 43.9 Å². The number of anilines is 1. The van der Waals surface area contributed by atoms with Crippen LogP contribution < -0.4 is 14.4 Å². The van der Waals surface area contributed by atoms with Gasteiger partial charge in [0.15, 0.2) is 11.5 Å². The molecule has 0 saturated carbocycles. The Balaban J connectivity index is 1.08. The maximum atomic E-state index is 6.12. The molecule has 3 heterocycles. The number of piperidine rings is 1. The summed E-state index contributed by atoms with van der Waals surface area (Å²) in [6, 6.07) is 15.4. The van der Waals surface area contributed by atoms with Crippen LogP contribution in [0.4, 0.5) is 11.4 Å². The van der Waals surface area contributed by atoms with Crippen molar-refractivity contribution < 1.29 is 9.47 Å². The molecule has 31 heavy (non-hydrogen) atoms. The van der Waals surface area contributed by atoms with Gasteiger partial charge in [-0.1, -0.05) is 24.3 Å². The van der Waals surface area contributed by atoms with Gasteiger partial charge in [-0.2, -0.15) is 0 Å². The van der Waals surface area contributed by atoms with E-state index < -0.39 is 0 Å². The van der Waals surface area contributed by atoms with Gasteiger partial charge >= 0.3 is 0 Å². The number of para-hydroxylation sites is 3. The number of hydrogen-bond donors (Lipinski definition) is 0. The lowest BCUT2D eigenvalue weighted by atomic mass is 10.0. The monoisotopic (exact) mass is 419 g/mol. The van der Waals surface area contributed by atoms with Gasteiger partial charge in [-0.05, 0) is 51.3 Å². The van der Waals surface area contributed by atoms with Gasteiger partial charge in [0.1, 0.15) is 5.60 Å². The van der Waals surface area contributed by atoms with Crippen molar-refractivity contribution in [1.82, 2.24) is 4.90 Å². The van der Waals surface area contributed by atoms with E-state index in [9.17, 15) is 0 Å². The first kappa shape index (κ1) is 20.4. The predicted molar refractivity (Wildman–Crippen MR) is 126 cm³/mol. The lowest BCUT2D eigenvalue weighted by Gasteiger charge is -2.40. The van der Waals surface area contributed by atoms with E-state index in [2.05, 4.69) is 71.3 Å². The molecule has 0 aromatic heterocycles. The van der Waals surface area contributed by atoms with Crippen LogP contribution in [-0.2, 0) is 6.42 Å². The van der Waals surface area contributed by atoms with Crippen LogP contribution in [0.15, 0.2) is 47.5 Å². The van der Waals surface area contributed by atoms with Crippen LogP contribution in [0.25, 0.3) is 0 Å². The molecule has 3 aliphatic rings. The molecule has 164 valence electrons. The molecule has 2 aromatic carbocycles. The Labute approximate surface area is 185 Å². The number of ether oxygens (including phenoxy) is 2. The quantitative estimate of drug-likeness (QED) is 0.627. The molecular formula is C26H33N3O2. The predicted octanol–water partition coefficient (Wildman–Crippen LogP) is 4.86. The standard InChI is InChI=1S/C26H33N3O2/c1-26(2)19-20-7-5-10-24(25(20)31-26)30-18-6-14-28-15-11-21(12-16-28)29-17-13-27-22-8-3-4-9-23(22)29/h3-5,7-10,13,21H,6,11-12,14-19H2,1-2H3. The summed E-state index contributed by atoms with van der Waals surface area (Å²) in [5.41, 5.74) is 3.52. The zero-order chi connectivity index (χ0) is 21.3. The van der Waals surface area contributed by atoms with E-state index in [0.717, 1.165) is 62.8 Å². The zero-order valence-electron chi connectivity index (χ0n) is 18.7. The van der Waals surface area contributed by atoms with Crippen molar-refractivity contribution in [3.8, 4) is 11.5 Å². The fourth-order valence-corrected chi connectivity index (χ4v) is 5.11. The summed E-state index contributed by atoms with van der Waals surface area (Å²) in [5.74, 6) is 1.84. The van der Waals surface area contributed by atoms with Crippen molar-refractivity contribution in [3.63, 3.8) is 0 Å². The summed E-state index contributed by atoms with van der Waals surface area (Å²) in [6.07, 6.45) is 6.45. The highest BCUT2D eigenvalue weighted by molar-refractivity contribution is 5.81. The SMILES string of the molecule is CC1(C)Cc2cccc(OCCCN3CCC(N4CC=Nc5ccccc54)CC3)c2O1. The van der Waals surface area contributed by atoms with Crippen molar-refractivity contribution in [2.24, 2.45) is 4.99 Å². The van der Waals surface area contributed by atoms with E-state index >= 15 is 0 Å². The number of aliphatic imine (C=N–C) groups is 1. The molecular weight excluding hydrogens is 386 g/mol. The molecule has 0 atom stereocenters. The highest BCUT2D eigenvalue weighted by atomic mass is 16.5. The number of likely N-dealkylation sites (tertiary alicyclic amines) is 1. The molecule has 0 N–H and O–H groups in total. The van der Waals surface area contributed by atoms with Crippen LogP contribution >= 0.6 is 0 Å². The third kappa shape index (κ3) is 4.42. The Bertz CT molecular complexity index is 947. The molecule has 0 radical (unpaired) electrons. The number of rotatable bonds is 6. The molecule has 0 unspecified atom stereocenters. The van der Waals surface area contributed by atoms with Crippen LogP contribution in [0, 0.1) is 0 Å². The molecule has 5 heteroatoms. The van der Waals surface area contributed by atoms with Crippen LogP contribution in [0.3, 0.4) is 0 Å². The minimum Gasteiger partial charge on any atom is -0.490 e. The number of fused-ring (bicyclic) bond motifs is 2. The molecule has 1 fully saturated rings. The van der Waals surface area contributed by atoms with Crippen LogP contribution in [0.1, 0.15) is 38.7 Å². The van der Waals surface area contributed by atoms with Gasteiger partial charge in [0.25, 0.3) is 0 Å². The van der Waals surface area contributed by atoms with E-state index in [-0.39, 0.29) is 5.60 Å². The normalized spacial score (nSPS) is 20.3. The molecule has 0 spiro atoms. The van der Waals surface area contributed by atoms with Gasteiger partial charge < -0.3 is 19.3 Å². The summed E-state index contributed by atoms with van der Waals surface area (Å²) in [7, 11) is 0. The number of hydrogen-bond acceptors (Lipinski definition) is 5. The zero-order valence-corrected chi connectivity index (χ0v) is 18.7. The summed E-state index contributed by atoms with van der Waals surface area (Å²) in [6.45, 7) is 9.32. The average Bonchev–Trinajstić information content (AvgIpc) is 3.11. The Morgan fingerprint density at radius 3 is 2.81 bits per heavy atom. The minimum atomic E-state index is -0.132. The smallest absolute Gasteiger partial charge is 0.165 e. The topological polar surface area (TPSA) is 37.3 Å². The third-order valence-corrected chi connectivity index (χ3v) is 6.63. The highest BCUT2D eigenvalue weighted by Gasteiger charge is 2.32. The Morgan fingerprint density at radius 1 is 1.10 bits per heavy atom. The summed E-state index contributed by atoms with van der Waals surface area (Å²) < 4.78 is 12.2. The lowest BCUT2D eigenvalue weighted by Crippen LogP contribution is -2.46. The van der Waals surface area contributed by atoms with Crippen LogP contribution in [0.2, 0.25) is 0 Å². The molecule has 0 amide bonds. The van der Waals surface area contributed by atoms with Gasteiger partial charge in [-0.3, -0.25) is 4.99 Å². The molecule has 0 aliphatic carbocycles. The Morgan fingerprint density at radius 2 is 1.94 bits per heavy atom. The Kier molecular flexibility index (Phi) is 5.61. The van der Waals surface area contributed by atoms with Crippen molar-refractivity contribution >= 4 is 17.6 Å². The maximum absolute atomic E-state index is 6.12. The van der Waals surface area contributed by atoms with E-state index in [1.165, 1.54) is 24.1 Å². The summed E-state index contributed by atoms with van der Waals surface area (Å²) in [4.78, 5) is 9.68. The molecule has 5 rings (SSSR count). The van der Waals surface area contributed by atoms with Gasteiger partial charge in [-0.25, -0.2) is 0 Å². The van der Waals surface area contributed by atoms with E-state index in [4.69, 9.17) is 9.47 Å². The van der Waals surface area contributed by atoms with Crippen molar-refractivity contribution in [3.05, 3.63) is 48.0 Å². The second-order valence-electron chi connectivity index (χ2n) is 9.51. The summed E-state index contributed by atoms with van der Waals surface area (Å²) >= 11 is 0. The number of nitrogens with zero attached hydrogens (tertiary/aromatic N) is 3. The minimum absolute atomic E-state index is 0.132. The summed E-state index contributed by atoms with van der Waals surface area (Å²) in [5, 5.41) is 0. The van der Waals surface area contributed by atoms with Crippen LogP contribution in [-0.4, -0.2) is 55.5 Å². The first-order chi connectivity index (χ1) is 15.1. The molecule has 0 bridgehead atoms. The Hall–Kier alpha value is -2.53. The molecule has 1 saturated heterocycles. The second-order valence-corrected chi connectivity index (χ2v) is 9.51. The van der Waals surface area contributed by atoms with Crippen molar-refractivity contribution in [1.29, 1.82) is 0 Å². The first-order valence-corrected chi connectivity index (χ1v) is 11.6. The van der Waals surface area contributed by atoms with E-state index in [0.29, 0.717) is 6.04 Å². The lowest BCUT2D eigenvalue weighted by molar-refractivity contribution is 0.131. The molecule has 5 nitrogen and oxygen atoms in total. The largest absolute Gasteiger partial charge is 0.490 e. The fourth-order valence-electron chi connectivity index (χ4n) is 5.11. The average molecular weight is 420 g/mol. The maximum Gasteiger partial charge on any atom is 0.165 e. The van der Waals surface area contributed by atoms with Gasteiger partial charge in [0.05, 0.1) is 24.5 Å². The molecule has 2 aromatic rings. The van der Waals surface area contributed by atoms with Crippen LogP contribution in [0.5, 0.6) is 11.5 Å². The fraction of sp³-hybridized carbons (Fsp3) is 0.500. The van der Waals surface area contributed by atoms with Crippen molar-refractivity contribution in [2.45, 2.75) is 51.2 Å². The number of benzene rings is 2. The van der Waals surface area contributed by atoms with E-state index in [1.807, 2.05) is 6.07 Å². The van der Waals surface area contributed by atoms with Crippen molar-refractivity contribution in [2.75, 3.05) is 37.7 Å².